The van der Waals surface area contributed by atoms with Gasteiger partial charge in [-0.05, 0) is 31.5 Å². The summed E-state index contributed by atoms with van der Waals surface area (Å²) in [5.74, 6) is -0.733. The number of hydrogen-bond acceptors (Lipinski definition) is 4. The summed E-state index contributed by atoms with van der Waals surface area (Å²) in [4.78, 5) is 23.0. The van der Waals surface area contributed by atoms with E-state index in [1.807, 2.05) is 6.92 Å². The molecule has 2 amide bonds. The number of ether oxygens (including phenoxy) is 2. The monoisotopic (exact) mass is 296 g/mol. The highest BCUT2D eigenvalue weighted by molar-refractivity contribution is 6.00. The fourth-order valence-electron chi connectivity index (χ4n) is 1.69. The van der Waals surface area contributed by atoms with Crippen molar-refractivity contribution in [3.8, 4) is 5.75 Å². The lowest BCUT2D eigenvalue weighted by Crippen LogP contribution is -2.37. The van der Waals surface area contributed by atoms with Gasteiger partial charge in [0.1, 0.15) is 5.75 Å². The van der Waals surface area contributed by atoms with Crippen LogP contribution in [0.2, 0.25) is 0 Å². The Bertz CT molecular complexity index is 504. The standard InChI is InChI=1S/C14H20N2O5/c1-9(6-7-20-2)15-14(19)16-12-5-4-10(21-3)8-11(12)13(17)18/h4-5,8-9H,6-7H2,1-3H3,(H,17,18)(H2,15,16,19). The van der Waals surface area contributed by atoms with Crippen molar-refractivity contribution in [2.24, 2.45) is 0 Å². The van der Waals surface area contributed by atoms with Crippen molar-refractivity contribution in [1.29, 1.82) is 0 Å². The second kappa shape index (κ2) is 8.11. The van der Waals surface area contributed by atoms with Gasteiger partial charge >= 0.3 is 12.0 Å². The zero-order valence-electron chi connectivity index (χ0n) is 12.3. The molecule has 0 aliphatic rings. The van der Waals surface area contributed by atoms with Crippen LogP contribution in [0, 0.1) is 0 Å². The van der Waals surface area contributed by atoms with Crippen LogP contribution >= 0.6 is 0 Å². The van der Waals surface area contributed by atoms with Crippen LogP contribution in [0.5, 0.6) is 5.75 Å². The Morgan fingerprint density at radius 1 is 1.33 bits per heavy atom. The fraction of sp³-hybridized carbons (Fsp3) is 0.429. The summed E-state index contributed by atoms with van der Waals surface area (Å²) in [5.41, 5.74) is 0.175. The van der Waals surface area contributed by atoms with Crippen molar-refractivity contribution in [1.82, 2.24) is 5.32 Å². The zero-order chi connectivity index (χ0) is 15.8. The predicted molar refractivity (Wildman–Crippen MR) is 78.1 cm³/mol. The van der Waals surface area contributed by atoms with E-state index in [-0.39, 0.29) is 17.3 Å². The maximum Gasteiger partial charge on any atom is 0.337 e. The van der Waals surface area contributed by atoms with Gasteiger partial charge in [-0.15, -0.1) is 0 Å². The summed E-state index contributed by atoms with van der Waals surface area (Å²) < 4.78 is 9.89. The SMILES string of the molecule is COCCC(C)NC(=O)Nc1ccc(OC)cc1C(=O)O. The van der Waals surface area contributed by atoms with E-state index in [0.29, 0.717) is 18.8 Å². The van der Waals surface area contributed by atoms with Crippen LogP contribution in [0.4, 0.5) is 10.5 Å². The van der Waals surface area contributed by atoms with Crippen molar-refractivity contribution in [2.75, 3.05) is 26.1 Å². The Hall–Kier alpha value is -2.28. The van der Waals surface area contributed by atoms with Crippen LogP contribution in [0.15, 0.2) is 18.2 Å². The fourth-order valence-corrected chi connectivity index (χ4v) is 1.69. The average molecular weight is 296 g/mol. The van der Waals surface area contributed by atoms with E-state index in [2.05, 4.69) is 10.6 Å². The third-order valence-electron chi connectivity index (χ3n) is 2.84. The summed E-state index contributed by atoms with van der Waals surface area (Å²) in [7, 11) is 3.03. The number of carbonyl (C=O) groups is 2. The van der Waals surface area contributed by atoms with Gasteiger partial charge in [0.25, 0.3) is 0 Å². The molecule has 1 aromatic carbocycles. The number of rotatable bonds is 7. The Labute approximate surface area is 123 Å². The summed E-state index contributed by atoms with van der Waals surface area (Å²) >= 11 is 0. The number of carbonyl (C=O) groups excluding carboxylic acids is 1. The molecule has 0 radical (unpaired) electrons. The highest BCUT2D eigenvalue weighted by Gasteiger charge is 2.14. The first kappa shape index (κ1) is 16.8. The van der Waals surface area contributed by atoms with Gasteiger partial charge in [0.15, 0.2) is 0 Å². The molecule has 0 aromatic heterocycles. The van der Waals surface area contributed by atoms with Gasteiger partial charge in [0.05, 0.1) is 18.4 Å². The molecule has 1 aromatic rings. The minimum atomic E-state index is -1.14. The number of methoxy groups -OCH3 is 2. The lowest BCUT2D eigenvalue weighted by molar-refractivity contribution is 0.0697. The molecule has 0 spiro atoms. The van der Waals surface area contributed by atoms with Gasteiger partial charge in [-0.1, -0.05) is 0 Å². The third-order valence-corrected chi connectivity index (χ3v) is 2.84. The molecule has 0 saturated heterocycles. The highest BCUT2D eigenvalue weighted by Crippen LogP contribution is 2.22. The Morgan fingerprint density at radius 2 is 2.05 bits per heavy atom. The molecule has 0 saturated carbocycles. The van der Waals surface area contributed by atoms with E-state index in [1.54, 1.807) is 13.2 Å². The first-order valence-corrected chi connectivity index (χ1v) is 6.45. The first-order valence-electron chi connectivity index (χ1n) is 6.45. The van der Waals surface area contributed by atoms with Gasteiger partial charge in [-0.2, -0.15) is 0 Å². The van der Waals surface area contributed by atoms with Crippen LogP contribution in [-0.2, 0) is 4.74 Å². The van der Waals surface area contributed by atoms with Gasteiger partial charge in [0.2, 0.25) is 0 Å². The van der Waals surface area contributed by atoms with Crippen molar-refractivity contribution >= 4 is 17.7 Å². The molecular weight excluding hydrogens is 276 g/mol. The van der Waals surface area contributed by atoms with Crippen molar-refractivity contribution in [3.05, 3.63) is 23.8 Å². The molecule has 116 valence electrons. The van der Waals surface area contributed by atoms with E-state index < -0.39 is 12.0 Å². The molecule has 0 bridgehead atoms. The van der Waals surface area contributed by atoms with Crippen LogP contribution in [0.3, 0.4) is 0 Å². The van der Waals surface area contributed by atoms with E-state index in [9.17, 15) is 9.59 Å². The number of urea groups is 1. The maximum atomic E-state index is 11.8. The smallest absolute Gasteiger partial charge is 0.337 e. The number of nitrogens with one attached hydrogen (secondary N) is 2. The molecule has 1 unspecified atom stereocenters. The van der Waals surface area contributed by atoms with Gasteiger partial charge in [-0.25, -0.2) is 9.59 Å². The van der Waals surface area contributed by atoms with E-state index >= 15 is 0 Å². The topological polar surface area (TPSA) is 96.9 Å². The molecule has 0 aliphatic heterocycles. The normalized spacial score (nSPS) is 11.6. The second-order valence-corrected chi connectivity index (χ2v) is 4.50. The summed E-state index contributed by atoms with van der Waals surface area (Å²) in [6.45, 7) is 2.37. The van der Waals surface area contributed by atoms with Gasteiger partial charge in [-0.3, -0.25) is 0 Å². The number of amides is 2. The summed E-state index contributed by atoms with van der Waals surface area (Å²) in [6, 6.07) is 3.87. The molecule has 7 nitrogen and oxygen atoms in total. The Morgan fingerprint density at radius 3 is 2.62 bits per heavy atom. The molecule has 21 heavy (non-hydrogen) atoms. The number of aromatic carboxylic acids is 1. The van der Waals surface area contributed by atoms with Crippen LogP contribution in [-0.4, -0.2) is 44.0 Å². The molecule has 0 aliphatic carbocycles. The molecule has 0 fully saturated rings. The van der Waals surface area contributed by atoms with Crippen molar-refractivity contribution < 1.29 is 24.2 Å². The number of anilines is 1. The minimum absolute atomic E-state index is 0.0333. The number of carboxylic acid groups (broad SMARTS) is 1. The van der Waals surface area contributed by atoms with Crippen LogP contribution < -0.4 is 15.4 Å². The third kappa shape index (κ3) is 5.31. The van der Waals surface area contributed by atoms with E-state index in [4.69, 9.17) is 14.6 Å². The molecule has 0 heterocycles. The van der Waals surface area contributed by atoms with Crippen molar-refractivity contribution in [2.45, 2.75) is 19.4 Å². The quantitative estimate of drug-likeness (QED) is 0.714. The van der Waals surface area contributed by atoms with Crippen LogP contribution in [0.25, 0.3) is 0 Å². The molecule has 1 rings (SSSR count). The number of benzene rings is 1. The van der Waals surface area contributed by atoms with E-state index in [1.165, 1.54) is 19.2 Å². The van der Waals surface area contributed by atoms with Gasteiger partial charge in [0, 0.05) is 19.8 Å². The van der Waals surface area contributed by atoms with E-state index in [0.717, 1.165) is 0 Å². The largest absolute Gasteiger partial charge is 0.497 e. The maximum absolute atomic E-state index is 11.8. The van der Waals surface area contributed by atoms with Gasteiger partial charge < -0.3 is 25.2 Å². The predicted octanol–water partition coefficient (Wildman–Crippen LogP) is 1.94. The number of carboxylic acids is 1. The minimum Gasteiger partial charge on any atom is -0.497 e. The molecule has 1 atom stereocenters. The summed E-state index contributed by atoms with van der Waals surface area (Å²) in [6.07, 6.45) is 0.665. The Balaban J connectivity index is 2.73. The Kier molecular flexibility index (Phi) is 6.48. The first-order chi connectivity index (χ1) is 9.97. The average Bonchev–Trinajstić information content (AvgIpc) is 2.45. The van der Waals surface area contributed by atoms with Crippen molar-refractivity contribution in [3.63, 3.8) is 0 Å². The second-order valence-electron chi connectivity index (χ2n) is 4.50. The molecule has 7 heteroatoms. The zero-order valence-corrected chi connectivity index (χ0v) is 12.3. The molecular formula is C14H20N2O5. The highest BCUT2D eigenvalue weighted by atomic mass is 16.5. The number of hydrogen-bond donors (Lipinski definition) is 3. The molecule has 3 N–H and O–H groups in total. The van der Waals surface area contributed by atoms with Crippen LogP contribution in [0.1, 0.15) is 23.7 Å². The lowest BCUT2D eigenvalue weighted by atomic mass is 10.1. The lowest BCUT2D eigenvalue weighted by Gasteiger charge is -2.15. The summed E-state index contributed by atoms with van der Waals surface area (Å²) in [5, 5.41) is 14.4.